The monoisotopic (exact) mass is 325 g/mol. The number of hydrogen-bond donors (Lipinski definition) is 1. The van der Waals surface area contributed by atoms with Gasteiger partial charge in [0.05, 0.1) is 13.2 Å². The van der Waals surface area contributed by atoms with Gasteiger partial charge in [-0.1, -0.05) is 30.3 Å². The molecule has 1 aliphatic heterocycles. The molecule has 1 amide bonds. The van der Waals surface area contributed by atoms with E-state index in [0.717, 1.165) is 30.7 Å². The SMILES string of the molecule is COc1cccc([C@@H](O)C2CCCN(C(=O)c3ccccc3)C2)c1. The number of carbonyl (C=O) groups excluding carboxylic acids is 1. The maximum Gasteiger partial charge on any atom is 0.253 e. The predicted molar refractivity (Wildman–Crippen MR) is 93.0 cm³/mol. The summed E-state index contributed by atoms with van der Waals surface area (Å²) in [4.78, 5) is 14.5. The van der Waals surface area contributed by atoms with Crippen LogP contribution in [0.2, 0.25) is 0 Å². The van der Waals surface area contributed by atoms with Gasteiger partial charge in [0.15, 0.2) is 0 Å². The summed E-state index contributed by atoms with van der Waals surface area (Å²) in [7, 11) is 1.62. The van der Waals surface area contributed by atoms with Crippen molar-refractivity contribution >= 4 is 5.91 Å². The van der Waals surface area contributed by atoms with Gasteiger partial charge in [-0.2, -0.15) is 0 Å². The van der Waals surface area contributed by atoms with E-state index >= 15 is 0 Å². The summed E-state index contributed by atoms with van der Waals surface area (Å²) >= 11 is 0. The number of amides is 1. The van der Waals surface area contributed by atoms with Crippen molar-refractivity contribution in [3.63, 3.8) is 0 Å². The van der Waals surface area contributed by atoms with Gasteiger partial charge in [-0.3, -0.25) is 4.79 Å². The summed E-state index contributed by atoms with van der Waals surface area (Å²) < 4.78 is 5.23. The molecule has 0 bridgehead atoms. The fourth-order valence-electron chi connectivity index (χ4n) is 3.31. The number of ether oxygens (including phenoxy) is 1. The first-order valence-corrected chi connectivity index (χ1v) is 8.35. The molecular formula is C20H23NO3. The maximum atomic E-state index is 12.6. The van der Waals surface area contributed by atoms with Crippen LogP contribution >= 0.6 is 0 Å². The van der Waals surface area contributed by atoms with Crippen molar-refractivity contribution in [2.75, 3.05) is 20.2 Å². The molecule has 0 spiro atoms. The number of aliphatic hydroxyl groups excluding tert-OH is 1. The summed E-state index contributed by atoms with van der Waals surface area (Å²) in [6.45, 7) is 1.32. The van der Waals surface area contributed by atoms with Gasteiger partial charge in [-0.15, -0.1) is 0 Å². The molecule has 3 rings (SSSR count). The highest BCUT2D eigenvalue weighted by Gasteiger charge is 2.29. The highest BCUT2D eigenvalue weighted by Crippen LogP contribution is 2.31. The second-order valence-corrected chi connectivity index (χ2v) is 6.24. The largest absolute Gasteiger partial charge is 0.497 e. The second kappa shape index (κ2) is 7.49. The predicted octanol–water partition coefficient (Wildman–Crippen LogP) is 3.28. The molecule has 4 nitrogen and oxygen atoms in total. The van der Waals surface area contributed by atoms with Gasteiger partial charge in [0.2, 0.25) is 0 Å². The quantitative estimate of drug-likeness (QED) is 0.938. The maximum absolute atomic E-state index is 12.6. The number of methoxy groups -OCH3 is 1. The van der Waals surface area contributed by atoms with Gasteiger partial charge in [-0.05, 0) is 42.7 Å². The Labute approximate surface area is 142 Å². The van der Waals surface area contributed by atoms with Crippen LogP contribution < -0.4 is 4.74 Å². The highest BCUT2D eigenvalue weighted by molar-refractivity contribution is 5.94. The summed E-state index contributed by atoms with van der Waals surface area (Å²) in [6, 6.07) is 16.8. The molecule has 1 aliphatic rings. The lowest BCUT2D eigenvalue weighted by atomic mass is 9.88. The van der Waals surface area contributed by atoms with Crippen LogP contribution in [0.15, 0.2) is 54.6 Å². The summed E-state index contributed by atoms with van der Waals surface area (Å²) in [6.07, 6.45) is 1.23. The zero-order chi connectivity index (χ0) is 16.9. The van der Waals surface area contributed by atoms with Crippen LogP contribution in [-0.4, -0.2) is 36.1 Å². The molecule has 1 unspecified atom stereocenters. The normalized spacial score (nSPS) is 18.9. The summed E-state index contributed by atoms with van der Waals surface area (Å²) in [5, 5.41) is 10.7. The Hall–Kier alpha value is -2.33. The lowest BCUT2D eigenvalue weighted by Crippen LogP contribution is -2.41. The number of carbonyl (C=O) groups is 1. The van der Waals surface area contributed by atoms with E-state index in [2.05, 4.69) is 0 Å². The van der Waals surface area contributed by atoms with Gasteiger partial charge in [0, 0.05) is 24.6 Å². The average Bonchev–Trinajstić information content (AvgIpc) is 2.67. The van der Waals surface area contributed by atoms with Gasteiger partial charge in [0.25, 0.3) is 5.91 Å². The van der Waals surface area contributed by atoms with E-state index in [9.17, 15) is 9.90 Å². The Balaban J connectivity index is 1.72. The molecule has 126 valence electrons. The lowest BCUT2D eigenvalue weighted by molar-refractivity contribution is 0.0400. The first-order chi connectivity index (χ1) is 11.7. The Kier molecular flexibility index (Phi) is 5.16. The van der Waals surface area contributed by atoms with E-state index in [-0.39, 0.29) is 11.8 Å². The minimum absolute atomic E-state index is 0.0399. The lowest BCUT2D eigenvalue weighted by Gasteiger charge is -2.35. The molecule has 2 atom stereocenters. The number of aliphatic hydroxyl groups is 1. The van der Waals surface area contributed by atoms with Gasteiger partial charge >= 0.3 is 0 Å². The Bertz CT molecular complexity index is 686. The van der Waals surface area contributed by atoms with E-state index in [4.69, 9.17) is 4.74 Å². The topological polar surface area (TPSA) is 49.8 Å². The second-order valence-electron chi connectivity index (χ2n) is 6.24. The third kappa shape index (κ3) is 3.60. The summed E-state index contributed by atoms with van der Waals surface area (Å²) in [5.74, 6) is 0.816. The molecule has 1 fully saturated rings. The zero-order valence-electron chi connectivity index (χ0n) is 13.9. The molecular weight excluding hydrogens is 302 g/mol. The van der Waals surface area contributed by atoms with Crippen LogP contribution in [0.1, 0.15) is 34.9 Å². The molecule has 1 N–H and O–H groups in total. The Morgan fingerprint density at radius 3 is 2.75 bits per heavy atom. The van der Waals surface area contributed by atoms with Gasteiger partial charge in [0.1, 0.15) is 5.75 Å². The molecule has 2 aromatic carbocycles. The fourth-order valence-corrected chi connectivity index (χ4v) is 3.31. The number of benzene rings is 2. The molecule has 0 aliphatic carbocycles. The van der Waals surface area contributed by atoms with E-state index < -0.39 is 6.10 Å². The molecule has 0 saturated carbocycles. The van der Waals surface area contributed by atoms with Crippen molar-refractivity contribution < 1.29 is 14.6 Å². The van der Waals surface area contributed by atoms with E-state index in [0.29, 0.717) is 12.1 Å². The van der Waals surface area contributed by atoms with E-state index in [1.807, 2.05) is 59.5 Å². The number of piperidine rings is 1. The minimum atomic E-state index is -0.591. The van der Waals surface area contributed by atoms with Crippen LogP contribution in [0, 0.1) is 5.92 Å². The summed E-state index contributed by atoms with van der Waals surface area (Å²) in [5.41, 5.74) is 1.54. The van der Waals surface area contributed by atoms with Crippen LogP contribution in [-0.2, 0) is 0 Å². The van der Waals surface area contributed by atoms with Crippen LogP contribution in [0.4, 0.5) is 0 Å². The van der Waals surface area contributed by atoms with E-state index in [1.54, 1.807) is 7.11 Å². The third-order valence-electron chi connectivity index (χ3n) is 4.65. The van der Waals surface area contributed by atoms with Crippen molar-refractivity contribution in [3.05, 3.63) is 65.7 Å². The van der Waals surface area contributed by atoms with Crippen molar-refractivity contribution in [1.82, 2.24) is 4.90 Å². The van der Waals surface area contributed by atoms with Crippen LogP contribution in [0.25, 0.3) is 0 Å². The Morgan fingerprint density at radius 2 is 2.00 bits per heavy atom. The Morgan fingerprint density at radius 1 is 1.21 bits per heavy atom. The molecule has 4 heteroatoms. The van der Waals surface area contributed by atoms with Crippen molar-refractivity contribution in [3.8, 4) is 5.75 Å². The third-order valence-corrected chi connectivity index (χ3v) is 4.65. The first kappa shape index (κ1) is 16.5. The molecule has 2 aromatic rings. The molecule has 0 radical (unpaired) electrons. The first-order valence-electron chi connectivity index (χ1n) is 8.35. The van der Waals surface area contributed by atoms with Crippen LogP contribution in [0.3, 0.4) is 0 Å². The minimum Gasteiger partial charge on any atom is -0.497 e. The van der Waals surface area contributed by atoms with Gasteiger partial charge in [-0.25, -0.2) is 0 Å². The van der Waals surface area contributed by atoms with Crippen molar-refractivity contribution in [2.45, 2.75) is 18.9 Å². The standard InChI is InChI=1S/C20H23NO3/c1-24-18-11-5-9-16(13-18)19(22)17-10-6-12-21(14-17)20(23)15-7-3-2-4-8-15/h2-5,7-9,11,13,17,19,22H,6,10,12,14H2,1H3/t17?,19-/m1/s1. The van der Waals surface area contributed by atoms with E-state index in [1.165, 1.54) is 0 Å². The van der Waals surface area contributed by atoms with Gasteiger partial charge < -0.3 is 14.7 Å². The molecule has 1 heterocycles. The van der Waals surface area contributed by atoms with Crippen molar-refractivity contribution in [2.24, 2.45) is 5.92 Å². The number of hydrogen-bond acceptors (Lipinski definition) is 3. The molecule has 0 aromatic heterocycles. The zero-order valence-corrected chi connectivity index (χ0v) is 13.9. The number of rotatable bonds is 4. The smallest absolute Gasteiger partial charge is 0.253 e. The molecule has 1 saturated heterocycles. The number of nitrogens with zero attached hydrogens (tertiary/aromatic N) is 1. The fraction of sp³-hybridized carbons (Fsp3) is 0.350. The molecule has 24 heavy (non-hydrogen) atoms. The van der Waals surface area contributed by atoms with Crippen LogP contribution in [0.5, 0.6) is 5.75 Å². The average molecular weight is 325 g/mol. The number of likely N-dealkylation sites (tertiary alicyclic amines) is 1. The van der Waals surface area contributed by atoms with Crippen molar-refractivity contribution in [1.29, 1.82) is 0 Å². The highest BCUT2D eigenvalue weighted by atomic mass is 16.5.